The molecule has 1 aromatic carbocycles. The molecule has 1 aromatic heterocycles. The molecule has 1 fully saturated rings. The minimum Gasteiger partial charge on any atom is -0.367 e. The number of nitrogens with one attached hydrogen (secondary N) is 3. The van der Waals surface area contributed by atoms with Crippen LogP contribution in [0.15, 0.2) is 42.7 Å². The predicted molar refractivity (Wildman–Crippen MR) is 91.3 cm³/mol. The number of ketones is 1. The summed E-state index contributed by atoms with van der Waals surface area (Å²) in [6, 6.07) is 8.88. The average Bonchev–Trinajstić information content (AvgIpc) is 3.25. The third-order valence-corrected chi connectivity index (χ3v) is 3.94. The van der Waals surface area contributed by atoms with Gasteiger partial charge >= 0.3 is 0 Å². The van der Waals surface area contributed by atoms with Gasteiger partial charge in [0, 0.05) is 41.7 Å². The van der Waals surface area contributed by atoms with E-state index in [9.17, 15) is 9.59 Å². The molecule has 1 unspecified atom stereocenters. The fourth-order valence-electron chi connectivity index (χ4n) is 2.65. The number of H-pyrrole nitrogens is 1. The summed E-state index contributed by atoms with van der Waals surface area (Å²) in [6.07, 6.45) is 5.64. The Bertz CT molecular complexity index is 647. The molecule has 1 aliphatic heterocycles. The van der Waals surface area contributed by atoms with Crippen LogP contribution in [0.25, 0.3) is 0 Å². The monoisotopic (exact) mass is 333 g/mol. The van der Waals surface area contributed by atoms with Gasteiger partial charge in [-0.1, -0.05) is 12.1 Å². The number of hydrogen-bond acceptors (Lipinski definition) is 3. The maximum absolute atomic E-state index is 12.2. The van der Waals surface area contributed by atoms with Crippen LogP contribution in [0.1, 0.15) is 39.1 Å². The minimum absolute atomic E-state index is 0. The molecule has 0 radical (unpaired) electrons. The van der Waals surface area contributed by atoms with Crippen molar-refractivity contribution in [3.8, 4) is 0 Å². The molecule has 1 atom stereocenters. The first-order valence-electron chi connectivity index (χ1n) is 7.53. The SMILES string of the molecule is Cl.O=C(NCC1CCCN1)c1ccc(C(=O)c2cc[nH]c2)cc1. The van der Waals surface area contributed by atoms with E-state index in [1.807, 2.05) is 0 Å². The molecule has 5 nitrogen and oxygen atoms in total. The number of rotatable bonds is 5. The number of aromatic nitrogens is 1. The van der Waals surface area contributed by atoms with Crippen LogP contribution in [0.3, 0.4) is 0 Å². The molecule has 2 heterocycles. The van der Waals surface area contributed by atoms with Crippen molar-refractivity contribution >= 4 is 24.1 Å². The van der Waals surface area contributed by atoms with E-state index >= 15 is 0 Å². The predicted octanol–water partition coefficient (Wildman–Crippen LogP) is 2.15. The van der Waals surface area contributed by atoms with E-state index in [1.54, 1.807) is 42.7 Å². The van der Waals surface area contributed by atoms with Crippen LogP contribution in [-0.2, 0) is 0 Å². The van der Waals surface area contributed by atoms with Gasteiger partial charge in [0.25, 0.3) is 5.91 Å². The zero-order valence-electron chi connectivity index (χ0n) is 12.7. The molecule has 3 N–H and O–H groups in total. The van der Waals surface area contributed by atoms with Gasteiger partial charge in [-0.05, 0) is 37.6 Å². The van der Waals surface area contributed by atoms with Crippen molar-refractivity contribution < 1.29 is 9.59 Å². The summed E-state index contributed by atoms with van der Waals surface area (Å²) in [7, 11) is 0. The van der Waals surface area contributed by atoms with Crippen LogP contribution >= 0.6 is 12.4 Å². The molecule has 0 saturated carbocycles. The number of carbonyl (C=O) groups is 2. The van der Waals surface area contributed by atoms with Crippen molar-refractivity contribution in [3.05, 3.63) is 59.4 Å². The quantitative estimate of drug-likeness (QED) is 0.734. The van der Waals surface area contributed by atoms with Crippen molar-refractivity contribution in [2.24, 2.45) is 0 Å². The van der Waals surface area contributed by atoms with Crippen LogP contribution < -0.4 is 10.6 Å². The first-order valence-corrected chi connectivity index (χ1v) is 7.53. The van der Waals surface area contributed by atoms with Crippen molar-refractivity contribution in [2.75, 3.05) is 13.1 Å². The summed E-state index contributed by atoms with van der Waals surface area (Å²) in [4.78, 5) is 27.1. The van der Waals surface area contributed by atoms with Crippen molar-refractivity contribution in [1.29, 1.82) is 0 Å². The highest BCUT2D eigenvalue weighted by Gasteiger charge is 2.15. The topological polar surface area (TPSA) is 74.0 Å². The van der Waals surface area contributed by atoms with Crippen molar-refractivity contribution in [1.82, 2.24) is 15.6 Å². The molecule has 3 rings (SSSR count). The summed E-state index contributed by atoms with van der Waals surface area (Å²) in [5.74, 6) is -0.155. The van der Waals surface area contributed by atoms with Gasteiger partial charge in [0.1, 0.15) is 0 Å². The van der Waals surface area contributed by atoms with Crippen LogP contribution in [0.4, 0.5) is 0 Å². The fraction of sp³-hybridized carbons (Fsp3) is 0.294. The van der Waals surface area contributed by atoms with Crippen LogP contribution in [0, 0.1) is 0 Å². The molecular formula is C17H20ClN3O2. The third-order valence-electron chi connectivity index (χ3n) is 3.94. The normalized spacial score (nSPS) is 16.6. The van der Waals surface area contributed by atoms with E-state index in [4.69, 9.17) is 0 Å². The molecule has 1 amide bonds. The molecule has 1 aliphatic rings. The van der Waals surface area contributed by atoms with E-state index in [-0.39, 0.29) is 24.1 Å². The molecule has 1 saturated heterocycles. The van der Waals surface area contributed by atoms with Gasteiger partial charge in [-0.3, -0.25) is 9.59 Å². The Hall–Kier alpha value is -2.11. The Balaban J connectivity index is 0.00000192. The Morgan fingerprint density at radius 1 is 1.09 bits per heavy atom. The summed E-state index contributed by atoms with van der Waals surface area (Å²) in [6.45, 7) is 1.67. The molecule has 2 aromatic rings. The van der Waals surface area contributed by atoms with E-state index in [2.05, 4.69) is 15.6 Å². The molecular weight excluding hydrogens is 314 g/mol. The Morgan fingerprint density at radius 3 is 2.43 bits per heavy atom. The second-order valence-electron chi connectivity index (χ2n) is 5.51. The lowest BCUT2D eigenvalue weighted by atomic mass is 10.0. The van der Waals surface area contributed by atoms with Gasteiger partial charge < -0.3 is 15.6 Å². The van der Waals surface area contributed by atoms with E-state index in [0.29, 0.717) is 29.3 Å². The van der Waals surface area contributed by atoms with Gasteiger partial charge in [0.15, 0.2) is 5.78 Å². The summed E-state index contributed by atoms with van der Waals surface area (Å²) >= 11 is 0. The van der Waals surface area contributed by atoms with E-state index < -0.39 is 0 Å². The largest absolute Gasteiger partial charge is 0.367 e. The second kappa shape index (κ2) is 7.94. The highest BCUT2D eigenvalue weighted by molar-refractivity contribution is 6.09. The Labute approximate surface area is 141 Å². The summed E-state index contributed by atoms with van der Waals surface area (Å²) in [5, 5.41) is 6.27. The van der Waals surface area contributed by atoms with Gasteiger partial charge in [-0.15, -0.1) is 12.4 Å². The highest BCUT2D eigenvalue weighted by atomic mass is 35.5. The van der Waals surface area contributed by atoms with Crippen molar-refractivity contribution in [2.45, 2.75) is 18.9 Å². The second-order valence-corrected chi connectivity index (χ2v) is 5.51. The number of halogens is 1. The number of amides is 1. The first kappa shape index (κ1) is 17.2. The standard InChI is InChI=1S/C17H19N3O2.ClH/c21-16(14-7-9-18-10-14)12-3-5-13(6-4-12)17(22)20-11-15-2-1-8-19-15;/h3-7,9-10,15,18-19H,1-2,8,11H2,(H,20,22);1H. The lowest BCUT2D eigenvalue weighted by Gasteiger charge is -2.11. The zero-order chi connectivity index (χ0) is 15.4. The van der Waals surface area contributed by atoms with Crippen molar-refractivity contribution in [3.63, 3.8) is 0 Å². The summed E-state index contributed by atoms with van der Waals surface area (Å²) < 4.78 is 0. The molecule has 0 spiro atoms. The lowest BCUT2D eigenvalue weighted by Crippen LogP contribution is -2.37. The third kappa shape index (κ3) is 4.21. The van der Waals surface area contributed by atoms with E-state index in [0.717, 1.165) is 19.4 Å². The van der Waals surface area contributed by atoms with Gasteiger partial charge in [-0.25, -0.2) is 0 Å². The summed E-state index contributed by atoms with van der Waals surface area (Å²) in [5.41, 5.74) is 1.77. The fourth-order valence-corrected chi connectivity index (χ4v) is 2.65. The molecule has 0 bridgehead atoms. The lowest BCUT2D eigenvalue weighted by molar-refractivity contribution is 0.0949. The number of benzene rings is 1. The molecule has 0 aliphatic carbocycles. The zero-order valence-corrected chi connectivity index (χ0v) is 13.5. The van der Waals surface area contributed by atoms with Crippen LogP contribution in [0.2, 0.25) is 0 Å². The molecule has 122 valence electrons. The van der Waals surface area contributed by atoms with Crippen LogP contribution in [0.5, 0.6) is 0 Å². The number of carbonyl (C=O) groups excluding carboxylic acids is 2. The van der Waals surface area contributed by atoms with E-state index in [1.165, 1.54) is 0 Å². The smallest absolute Gasteiger partial charge is 0.251 e. The molecule has 6 heteroatoms. The Morgan fingerprint density at radius 2 is 1.83 bits per heavy atom. The number of hydrogen-bond donors (Lipinski definition) is 3. The minimum atomic E-state index is -0.102. The van der Waals surface area contributed by atoms with Crippen LogP contribution in [-0.4, -0.2) is 35.8 Å². The maximum atomic E-state index is 12.2. The number of aromatic amines is 1. The average molecular weight is 334 g/mol. The Kier molecular flexibility index (Phi) is 5.96. The maximum Gasteiger partial charge on any atom is 0.251 e. The highest BCUT2D eigenvalue weighted by Crippen LogP contribution is 2.11. The van der Waals surface area contributed by atoms with Gasteiger partial charge in [-0.2, -0.15) is 0 Å². The van der Waals surface area contributed by atoms with Gasteiger partial charge in [0.2, 0.25) is 0 Å². The first-order chi connectivity index (χ1) is 10.7. The molecule has 23 heavy (non-hydrogen) atoms. The van der Waals surface area contributed by atoms with Gasteiger partial charge in [0.05, 0.1) is 0 Å².